The van der Waals surface area contributed by atoms with Gasteiger partial charge in [0.25, 0.3) is 0 Å². The third kappa shape index (κ3) is 3.51. The van der Waals surface area contributed by atoms with Crippen molar-refractivity contribution in [3.63, 3.8) is 0 Å². The quantitative estimate of drug-likeness (QED) is 0.825. The van der Waals surface area contributed by atoms with E-state index in [2.05, 4.69) is 25.7 Å². The molecule has 0 fully saturated rings. The van der Waals surface area contributed by atoms with E-state index in [-0.39, 0.29) is 12.4 Å². The number of hydrogen-bond donors (Lipinski definition) is 1. The monoisotopic (exact) mass is 238 g/mol. The van der Waals surface area contributed by atoms with Gasteiger partial charge < -0.3 is 5.73 Å². The Labute approximate surface area is 104 Å². The SMILES string of the molecule is CCC(C)N(CC)Cc1cccc(CN)c1F. The second kappa shape index (κ2) is 6.72. The molecule has 17 heavy (non-hydrogen) atoms. The minimum atomic E-state index is -0.142. The highest BCUT2D eigenvalue weighted by Crippen LogP contribution is 2.16. The summed E-state index contributed by atoms with van der Waals surface area (Å²) in [5.41, 5.74) is 6.86. The van der Waals surface area contributed by atoms with E-state index < -0.39 is 0 Å². The summed E-state index contributed by atoms with van der Waals surface area (Å²) in [6.45, 7) is 8.28. The van der Waals surface area contributed by atoms with Crippen LogP contribution in [0, 0.1) is 5.82 Å². The minimum Gasteiger partial charge on any atom is -0.326 e. The summed E-state index contributed by atoms with van der Waals surface area (Å²) >= 11 is 0. The van der Waals surface area contributed by atoms with Gasteiger partial charge in [-0.2, -0.15) is 0 Å². The Balaban J connectivity index is 2.86. The Morgan fingerprint density at radius 3 is 2.47 bits per heavy atom. The molecule has 0 saturated carbocycles. The summed E-state index contributed by atoms with van der Waals surface area (Å²) in [5.74, 6) is -0.142. The maximum atomic E-state index is 14.0. The zero-order valence-electron chi connectivity index (χ0n) is 11.0. The zero-order valence-corrected chi connectivity index (χ0v) is 11.0. The van der Waals surface area contributed by atoms with Gasteiger partial charge >= 0.3 is 0 Å². The fourth-order valence-corrected chi connectivity index (χ4v) is 1.97. The van der Waals surface area contributed by atoms with E-state index in [1.165, 1.54) is 0 Å². The number of nitrogens with zero attached hydrogens (tertiary/aromatic N) is 1. The molecule has 0 bridgehead atoms. The van der Waals surface area contributed by atoms with Crippen LogP contribution in [-0.2, 0) is 13.1 Å². The van der Waals surface area contributed by atoms with Gasteiger partial charge in [0.1, 0.15) is 5.82 Å². The van der Waals surface area contributed by atoms with Gasteiger partial charge in [-0.05, 0) is 19.9 Å². The lowest BCUT2D eigenvalue weighted by molar-refractivity contribution is 0.203. The molecule has 0 saturated heterocycles. The molecule has 0 aromatic heterocycles. The minimum absolute atomic E-state index is 0.142. The van der Waals surface area contributed by atoms with Crippen LogP contribution in [0.4, 0.5) is 4.39 Å². The number of halogens is 1. The number of hydrogen-bond acceptors (Lipinski definition) is 2. The predicted molar refractivity (Wildman–Crippen MR) is 70.1 cm³/mol. The van der Waals surface area contributed by atoms with E-state index in [1.807, 2.05) is 12.1 Å². The first kappa shape index (κ1) is 14.1. The molecule has 1 rings (SSSR count). The topological polar surface area (TPSA) is 29.3 Å². The van der Waals surface area contributed by atoms with E-state index in [0.29, 0.717) is 18.2 Å². The summed E-state index contributed by atoms with van der Waals surface area (Å²) in [5, 5.41) is 0. The zero-order chi connectivity index (χ0) is 12.8. The molecule has 2 nitrogen and oxygen atoms in total. The number of rotatable bonds is 6. The molecule has 0 spiro atoms. The molecule has 1 aromatic carbocycles. The highest BCUT2D eigenvalue weighted by atomic mass is 19.1. The molecule has 0 heterocycles. The van der Waals surface area contributed by atoms with Gasteiger partial charge in [0.05, 0.1) is 0 Å². The summed E-state index contributed by atoms with van der Waals surface area (Å²) in [6, 6.07) is 5.95. The van der Waals surface area contributed by atoms with E-state index >= 15 is 0 Å². The molecule has 0 aliphatic heterocycles. The molecule has 1 aromatic rings. The van der Waals surface area contributed by atoms with Crippen molar-refractivity contribution in [1.82, 2.24) is 4.90 Å². The van der Waals surface area contributed by atoms with Crippen molar-refractivity contribution in [1.29, 1.82) is 0 Å². The van der Waals surface area contributed by atoms with E-state index in [0.717, 1.165) is 18.5 Å². The third-order valence-electron chi connectivity index (χ3n) is 3.37. The molecule has 1 atom stereocenters. The third-order valence-corrected chi connectivity index (χ3v) is 3.37. The van der Waals surface area contributed by atoms with Crippen molar-refractivity contribution in [2.75, 3.05) is 6.54 Å². The number of nitrogens with two attached hydrogens (primary N) is 1. The lowest BCUT2D eigenvalue weighted by Crippen LogP contribution is -2.32. The van der Waals surface area contributed by atoms with Gasteiger partial charge in [-0.25, -0.2) is 4.39 Å². The normalized spacial score (nSPS) is 13.1. The molecule has 0 aliphatic carbocycles. The van der Waals surface area contributed by atoms with E-state index in [1.54, 1.807) is 6.07 Å². The Bertz CT molecular complexity index is 352. The van der Waals surface area contributed by atoms with Crippen LogP contribution in [-0.4, -0.2) is 17.5 Å². The van der Waals surface area contributed by atoms with Crippen LogP contribution in [0.15, 0.2) is 18.2 Å². The molecule has 1 unspecified atom stereocenters. The van der Waals surface area contributed by atoms with Crippen LogP contribution in [0.3, 0.4) is 0 Å². The van der Waals surface area contributed by atoms with Crippen molar-refractivity contribution in [2.24, 2.45) is 5.73 Å². The molecule has 3 heteroatoms. The highest BCUT2D eigenvalue weighted by molar-refractivity contribution is 5.25. The van der Waals surface area contributed by atoms with Crippen molar-refractivity contribution in [2.45, 2.75) is 46.3 Å². The Morgan fingerprint density at radius 1 is 1.29 bits per heavy atom. The Morgan fingerprint density at radius 2 is 1.94 bits per heavy atom. The standard InChI is InChI=1S/C14H23FN2/c1-4-11(3)17(5-2)10-13-8-6-7-12(9-16)14(13)15/h6-8,11H,4-5,9-10,16H2,1-3H3. The van der Waals surface area contributed by atoms with Gasteiger partial charge in [-0.1, -0.05) is 32.0 Å². The van der Waals surface area contributed by atoms with E-state index in [4.69, 9.17) is 5.73 Å². The summed E-state index contributed by atoms with van der Waals surface area (Å²) < 4.78 is 14.0. The van der Waals surface area contributed by atoms with Crippen LogP contribution in [0.5, 0.6) is 0 Å². The second-order valence-corrected chi connectivity index (χ2v) is 4.41. The van der Waals surface area contributed by atoms with Crippen LogP contribution >= 0.6 is 0 Å². The van der Waals surface area contributed by atoms with Crippen molar-refractivity contribution >= 4 is 0 Å². The first-order chi connectivity index (χ1) is 8.13. The fourth-order valence-electron chi connectivity index (χ4n) is 1.97. The highest BCUT2D eigenvalue weighted by Gasteiger charge is 2.14. The van der Waals surface area contributed by atoms with Crippen LogP contribution in [0.25, 0.3) is 0 Å². The molecule has 0 aliphatic rings. The molecule has 0 amide bonds. The van der Waals surface area contributed by atoms with Crippen LogP contribution < -0.4 is 5.73 Å². The summed E-state index contributed by atoms with van der Waals surface area (Å²) in [7, 11) is 0. The predicted octanol–water partition coefficient (Wildman–Crippen LogP) is 2.90. The van der Waals surface area contributed by atoms with Crippen molar-refractivity contribution < 1.29 is 4.39 Å². The first-order valence-electron chi connectivity index (χ1n) is 6.34. The average molecular weight is 238 g/mol. The maximum absolute atomic E-state index is 14.0. The maximum Gasteiger partial charge on any atom is 0.132 e. The molecule has 96 valence electrons. The smallest absolute Gasteiger partial charge is 0.132 e. The van der Waals surface area contributed by atoms with Gasteiger partial charge in [0.2, 0.25) is 0 Å². The molecule has 0 radical (unpaired) electrons. The Kier molecular flexibility index (Phi) is 5.59. The Hall–Kier alpha value is -0.930. The van der Waals surface area contributed by atoms with Crippen molar-refractivity contribution in [3.8, 4) is 0 Å². The van der Waals surface area contributed by atoms with Crippen LogP contribution in [0.1, 0.15) is 38.3 Å². The summed E-state index contributed by atoms with van der Waals surface area (Å²) in [4.78, 5) is 2.28. The van der Waals surface area contributed by atoms with E-state index in [9.17, 15) is 4.39 Å². The summed E-state index contributed by atoms with van der Waals surface area (Å²) in [6.07, 6.45) is 1.08. The lowest BCUT2D eigenvalue weighted by Gasteiger charge is -2.27. The van der Waals surface area contributed by atoms with Crippen molar-refractivity contribution in [3.05, 3.63) is 35.1 Å². The van der Waals surface area contributed by atoms with Gasteiger partial charge in [-0.3, -0.25) is 4.90 Å². The fraction of sp³-hybridized carbons (Fsp3) is 0.571. The van der Waals surface area contributed by atoms with Gasteiger partial charge in [0.15, 0.2) is 0 Å². The van der Waals surface area contributed by atoms with Gasteiger partial charge in [-0.15, -0.1) is 0 Å². The second-order valence-electron chi connectivity index (χ2n) is 4.41. The lowest BCUT2D eigenvalue weighted by atomic mass is 10.1. The average Bonchev–Trinajstić information content (AvgIpc) is 2.36. The number of benzene rings is 1. The molecular formula is C14H23FN2. The molecule has 2 N–H and O–H groups in total. The first-order valence-corrected chi connectivity index (χ1v) is 6.34. The molecular weight excluding hydrogens is 215 g/mol. The largest absolute Gasteiger partial charge is 0.326 e. The van der Waals surface area contributed by atoms with Gasteiger partial charge in [0, 0.05) is 30.3 Å². The van der Waals surface area contributed by atoms with Crippen LogP contribution in [0.2, 0.25) is 0 Å².